The van der Waals surface area contributed by atoms with Crippen LogP contribution in [0.4, 0.5) is 0 Å². The Morgan fingerprint density at radius 1 is 1.26 bits per heavy atom. The van der Waals surface area contributed by atoms with Crippen molar-refractivity contribution >= 4 is 9.84 Å². The molecule has 108 valence electrons. The number of unbranched alkanes of at least 4 members (excludes halogenated alkanes) is 1. The summed E-state index contributed by atoms with van der Waals surface area (Å²) in [5, 5.41) is 3.14. The van der Waals surface area contributed by atoms with Gasteiger partial charge in [0.25, 0.3) is 0 Å². The fourth-order valence-corrected chi connectivity index (χ4v) is 3.42. The summed E-state index contributed by atoms with van der Waals surface area (Å²) in [7, 11) is 0.149. The molecule has 0 fully saturated rings. The van der Waals surface area contributed by atoms with Crippen LogP contribution in [0.3, 0.4) is 0 Å². The van der Waals surface area contributed by atoms with Crippen molar-refractivity contribution in [2.24, 2.45) is 0 Å². The van der Waals surface area contributed by atoms with Crippen LogP contribution in [0.5, 0.6) is 5.75 Å². The quantitative estimate of drug-likeness (QED) is 0.744. The normalized spacial score (nSPS) is 13.2. The summed E-state index contributed by atoms with van der Waals surface area (Å²) in [4.78, 5) is 0.291. The molecule has 5 heteroatoms. The van der Waals surface area contributed by atoms with Crippen LogP contribution >= 0.6 is 0 Å². The number of rotatable bonds is 8. The summed E-state index contributed by atoms with van der Waals surface area (Å²) in [6, 6.07) is 7.19. The highest BCUT2D eigenvalue weighted by atomic mass is 32.2. The Balaban J connectivity index is 2.61. The van der Waals surface area contributed by atoms with Gasteiger partial charge >= 0.3 is 0 Å². The number of methoxy groups -OCH3 is 1. The van der Waals surface area contributed by atoms with Crippen molar-refractivity contribution in [2.75, 3.05) is 19.9 Å². The second-order valence-corrected chi connectivity index (χ2v) is 6.73. The van der Waals surface area contributed by atoms with Crippen LogP contribution in [0.25, 0.3) is 0 Å². The summed E-state index contributed by atoms with van der Waals surface area (Å²) >= 11 is 0. The highest BCUT2D eigenvalue weighted by Gasteiger charge is 2.18. The minimum Gasteiger partial charge on any atom is -0.495 e. The van der Waals surface area contributed by atoms with E-state index in [1.807, 2.05) is 7.05 Å². The molecule has 0 amide bonds. The summed E-state index contributed by atoms with van der Waals surface area (Å²) in [6.07, 6.45) is 2.56. The third-order valence-electron chi connectivity index (χ3n) is 3.20. The largest absolute Gasteiger partial charge is 0.495 e. The predicted molar refractivity (Wildman–Crippen MR) is 77.4 cm³/mol. The maximum absolute atomic E-state index is 12.2. The summed E-state index contributed by atoms with van der Waals surface area (Å²) < 4.78 is 29.6. The number of benzene rings is 1. The van der Waals surface area contributed by atoms with Gasteiger partial charge < -0.3 is 10.1 Å². The monoisotopic (exact) mass is 285 g/mol. The van der Waals surface area contributed by atoms with Crippen LogP contribution < -0.4 is 10.1 Å². The first-order valence-corrected chi connectivity index (χ1v) is 8.19. The zero-order valence-electron chi connectivity index (χ0n) is 11.8. The lowest BCUT2D eigenvalue weighted by Gasteiger charge is -2.11. The van der Waals surface area contributed by atoms with Crippen LogP contribution in [0.15, 0.2) is 29.2 Å². The van der Waals surface area contributed by atoms with E-state index in [1.54, 1.807) is 24.3 Å². The van der Waals surface area contributed by atoms with E-state index in [0.29, 0.717) is 23.1 Å². The number of hydrogen-bond donors (Lipinski definition) is 1. The van der Waals surface area contributed by atoms with Crippen LogP contribution in [0, 0.1) is 0 Å². The molecule has 1 aromatic carbocycles. The smallest absolute Gasteiger partial charge is 0.182 e. The Morgan fingerprint density at radius 3 is 2.58 bits per heavy atom. The molecular weight excluding hydrogens is 262 g/mol. The van der Waals surface area contributed by atoms with Gasteiger partial charge in [-0.2, -0.15) is 0 Å². The minimum absolute atomic E-state index is 0.170. The van der Waals surface area contributed by atoms with Gasteiger partial charge in [0.05, 0.1) is 12.9 Å². The SMILES string of the molecule is CNC(C)CCCCS(=O)(=O)c1ccccc1OC. The molecule has 0 aliphatic carbocycles. The first-order valence-electron chi connectivity index (χ1n) is 6.54. The zero-order valence-corrected chi connectivity index (χ0v) is 12.7. The molecule has 4 nitrogen and oxygen atoms in total. The Bertz CT molecular complexity index is 485. The number of sulfone groups is 1. The average molecular weight is 285 g/mol. The van der Waals surface area contributed by atoms with Gasteiger partial charge in [-0.3, -0.25) is 0 Å². The van der Waals surface area contributed by atoms with Gasteiger partial charge in [0, 0.05) is 6.04 Å². The summed E-state index contributed by atoms with van der Waals surface area (Å²) in [5.41, 5.74) is 0. The van der Waals surface area contributed by atoms with E-state index in [-0.39, 0.29) is 5.75 Å². The van der Waals surface area contributed by atoms with Gasteiger partial charge in [-0.25, -0.2) is 8.42 Å². The second-order valence-electron chi connectivity index (χ2n) is 4.66. The average Bonchev–Trinajstić information content (AvgIpc) is 2.43. The molecular formula is C14H23NO3S. The van der Waals surface area contributed by atoms with Crippen molar-refractivity contribution in [3.8, 4) is 5.75 Å². The van der Waals surface area contributed by atoms with Gasteiger partial charge in [-0.15, -0.1) is 0 Å². The molecule has 1 N–H and O–H groups in total. The fourth-order valence-electron chi connectivity index (χ4n) is 1.87. The highest BCUT2D eigenvalue weighted by Crippen LogP contribution is 2.24. The zero-order chi connectivity index (χ0) is 14.3. The van der Waals surface area contributed by atoms with E-state index in [1.165, 1.54) is 7.11 Å². The first-order chi connectivity index (χ1) is 9.01. The van der Waals surface area contributed by atoms with Crippen LogP contribution in [0.2, 0.25) is 0 Å². The van der Waals surface area contributed by atoms with Crippen molar-refractivity contribution in [1.82, 2.24) is 5.32 Å². The lowest BCUT2D eigenvalue weighted by Crippen LogP contribution is -2.21. The fraction of sp³-hybridized carbons (Fsp3) is 0.571. The van der Waals surface area contributed by atoms with E-state index >= 15 is 0 Å². The second kappa shape index (κ2) is 7.50. The molecule has 0 aliphatic heterocycles. The molecule has 0 heterocycles. The van der Waals surface area contributed by atoms with Gasteiger partial charge in [0.2, 0.25) is 0 Å². The van der Waals surface area contributed by atoms with Crippen molar-refractivity contribution in [1.29, 1.82) is 0 Å². The molecule has 0 saturated carbocycles. The maximum Gasteiger partial charge on any atom is 0.182 e. The van der Waals surface area contributed by atoms with E-state index in [0.717, 1.165) is 12.8 Å². The molecule has 0 bridgehead atoms. The standard InChI is InChI=1S/C14H23NO3S/c1-12(15-2)8-6-7-11-19(16,17)14-10-5-4-9-13(14)18-3/h4-5,9-10,12,15H,6-8,11H2,1-3H3. The molecule has 0 radical (unpaired) electrons. The molecule has 0 saturated heterocycles. The van der Waals surface area contributed by atoms with Crippen LogP contribution in [-0.4, -0.2) is 34.4 Å². The number of para-hydroxylation sites is 1. The van der Waals surface area contributed by atoms with Crippen molar-refractivity contribution < 1.29 is 13.2 Å². The lowest BCUT2D eigenvalue weighted by atomic mass is 10.1. The van der Waals surface area contributed by atoms with E-state index in [2.05, 4.69) is 12.2 Å². The predicted octanol–water partition coefficient (Wildman–Crippen LogP) is 2.25. The van der Waals surface area contributed by atoms with Crippen molar-refractivity contribution in [3.05, 3.63) is 24.3 Å². The number of nitrogens with one attached hydrogen (secondary N) is 1. The summed E-state index contributed by atoms with van der Waals surface area (Å²) in [6.45, 7) is 2.09. The van der Waals surface area contributed by atoms with Crippen molar-refractivity contribution in [3.63, 3.8) is 0 Å². The Morgan fingerprint density at radius 2 is 1.95 bits per heavy atom. The third-order valence-corrected chi connectivity index (χ3v) is 5.03. The molecule has 1 unspecified atom stereocenters. The van der Waals surface area contributed by atoms with Gasteiger partial charge in [0.15, 0.2) is 9.84 Å². The van der Waals surface area contributed by atoms with E-state index in [4.69, 9.17) is 4.74 Å². The van der Waals surface area contributed by atoms with E-state index < -0.39 is 9.84 Å². The lowest BCUT2D eigenvalue weighted by molar-refractivity contribution is 0.402. The minimum atomic E-state index is -3.25. The van der Waals surface area contributed by atoms with Gasteiger partial charge in [0.1, 0.15) is 10.6 Å². The van der Waals surface area contributed by atoms with E-state index in [9.17, 15) is 8.42 Å². The van der Waals surface area contributed by atoms with Gasteiger partial charge in [-0.1, -0.05) is 18.6 Å². The topological polar surface area (TPSA) is 55.4 Å². The van der Waals surface area contributed by atoms with Crippen LogP contribution in [0.1, 0.15) is 26.2 Å². The first kappa shape index (κ1) is 16.0. The molecule has 0 aromatic heterocycles. The highest BCUT2D eigenvalue weighted by molar-refractivity contribution is 7.91. The molecule has 0 spiro atoms. The maximum atomic E-state index is 12.2. The van der Waals surface area contributed by atoms with Crippen molar-refractivity contribution in [2.45, 2.75) is 37.1 Å². The summed E-state index contributed by atoms with van der Waals surface area (Å²) in [5.74, 6) is 0.593. The molecule has 1 aromatic rings. The molecule has 1 rings (SSSR count). The Labute approximate surface area is 116 Å². The number of ether oxygens (including phenoxy) is 1. The Kier molecular flexibility index (Phi) is 6.31. The Hall–Kier alpha value is -1.07. The molecule has 0 aliphatic rings. The van der Waals surface area contributed by atoms with Gasteiger partial charge in [-0.05, 0) is 38.9 Å². The van der Waals surface area contributed by atoms with Crippen LogP contribution in [-0.2, 0) is 9.84 Å². The third kappa shape index (κ3) is 4.84. The molecule has 1 atom stereocenters. The molecule has 19 heavy (non-hydrogen) atoms. The number of hydrogen-bond acceptors (Lipinski definition) is 4.